The van der Waals surface area contributed by atoms with E-state index in [-0.39, 0.29) is 16.8 Å². The van der Waals surface area contributed by atoms with Crippen LogP contribution in [0.2, 0.25) is 0 Å². The number of amides is 1. The minimum Gasteiger partial charge on any atom is -0.459 e. The van der Waals surface area contributed by atoms with Crippen molar-refractivity contribution in [3.8, 4) is 0 Å². The molecule has 1 amide bonds. The van der Waals surface area contributed by atoms with Gasteiger partial charge in [-0.05, 0) is 70.7 Å². The molecule has 1 saturated heterocycles. The van der Waals surface area contributed by atoms with E-state index in [0.717, 1.165) is 11.3 Å². The molecule has 0 unspecified atom stereocenters. The average molecular weight is 409 g/mol. The van der Waals surface area contributed by atoms with Crippen LogP contribution in [0.25, 0.3) is 0 Å². The van der Waals surface area contributed by atoms with E-state index in [9.17, 15) is 18.0 Å². The summed E-state index contributed by atoms with van der Waals surface area (Å²) >= 11 is 0. The van der Waals surface area contributed by atoms with Crippen LogP contribution < -0.4 is 4.90 Å². The molecule has 0 N–H and O–H groups in total. The Hall–Kier alpha value is -1.93. The van der Waals surface area contributed by atoms with E-state index >= 15 is 0 Å². The second-order valence-corrected chi connectivity index (χ2v) is 10.4. The highest BCUT2D eigenvalue weighted by Gasteiger charge is 2.42. The predicted molar refractivity (Wildman–Crippen MR) is 106 cm³/mol. The number of benzene rings is 1. The SMILES string of the molecule is CC(=O)N1c2ccc(S(=O)(=O)N3CCC[C@H]3C(=O)OC(C)(C)C)cc2C[C@@H]1C. The fourth-order valence-electron chi connectivity index (χ4n) is 4.02. The number of carbonyl (C=O) groups is 2. The van der Waals surface area contributed by atoms with E-state index in [2.05, 4.69) is 0 Å². The number of hydrogen-bond acceptors (Lipinski definition) is 5. The lowest BCUT2D eigenvalue weighted by molar-refractivity contribution is -0.158. The number of esters is 1. The van der Waals surface area contributed by atoms with E-state index in [1.165, 1.54) is 17.3 Å². The van der Waals surface area contributed by atoms with Crippen LogP contribution in [-0.4, -0.2) is 48.8 Å². The Bertz CT molecular complexity index is 904. The van der Waals surface area contributed by atoms with Crippen LogP contribution >= 0.6 is 0 Å². The molecule has 8 heteroatoms. The van der Waals surface area contributed by atoms with Crippen molar-refractivity contribution in [2.45, 2.75) is 76.5 Å². The van der Waals surface area contributed by atoms with E-state index in [0.29, 0.717) is 25.8 Å². The van der Waals surface area contributed by atoms with Gasteiger partial charge in [-0.1, -0.05) is 0 Å². The van der Waals surface area contributed by atoms with Crippen LogP contribution in [0.5, 0.6) is 0 Å². The molecule has 3 rings (SSSR count). The van der Waals surface area contributed by atoms with Crippen molar-refractivity contribution < 1.29 is 22.7 Å². The highest BCUT2D eigenvalue weighted by atomic mass is 32.2. The first kappa shape index (κ1) is 20.8. The van der Waals surface area contributed by atoms with Gasteiger partial charge in [0.05, 0.1) is 4.90 Å². The standard InChI is InChI=1S/C20H28N2O5S/c1-13-11-15-12-16(8-9-17(15)22(13)14(2)23)28(25,26)21-10-6-7-18(21)19(24)27-20(3,4)5/h8-9,12-13,18H,6-7,10-11H2,1-5H3/t13-,18-/m0/s1. The molecular formula is C20H28N2O5S. The van der Waals surface area contributed by atoms with Gasteiger partial charge in [0.1, 0.15) is 11.6 Å². The molecule has 2 heterocycles. The number of fused-ring (bicyclic) bond motifs is 1. The normalized spacial score (nSPS) is 23.0. The van der Waals surface area contributed by atoms with Crippen molar-refractivity contribution in [2.75, 3.05) is 11.4 Å². The molecule has 1 aromatic rings. The Morgan fingerprint density at radius 2 is 1.89 bits per heavy atom. The lowest BCUT2D eigenvalue weighted by Crippen LogP contribution is -2.43. The number of anilines is 1. The molecule has 1 aromatic carbocycles. The molecule has 0 bridgehead atoms. The fraction of sp³-hybridized carbons (Fsp3) is 0.600. The number of ether oxygens (including phenoxy) is 1. The van der Waals surface area contributed by atoms with E-state index in [1.54, 1.807) is 37.8 Å². The minimum atomic E-state index is -3.84. The Morgan fingerprint density at radius 3 is 2.50 bits per heavy atom. The number of hydrogen-bond donors (Lipinski definition) is 0. The van der Waals surface area contributed by atoms with Gasteiger partial charge in [0.25, 0.3) is 0 Å². The third-order valence-electron chi connectivity index (χ3n) is 5.09. The van der Waals surface area contributed by atoms with Crippen LogP contribution in [0, 0.1) is 0 Å². The van der Waals surface area contributed by atoms with Gasteiger partial charge in [-0.2, -0.15) is 4.31 Å². The predicted octanol–water partition coefficient (Wildman–Crippen LogP) is 2.48. The third kappa shape index (κ3) is 3.80. The Balaban J connectivity index is 1.90. The number of rotatable bonds is 3. The summed E-state index contributed by atoms with van der Waals surface area (Å²) in [6.07, 6.45) is 1.67. The van der Waals surface area contributed by atoms with Crippen LogP contribution in [0.3, 0.4) is 0 Å². The molecule has 0 aromatic heterocycles. The van der Waals surface area contributed by atoms with Crippen LogP contribution in [0.15, 0.2) is 23.1 Å². The zero-order chi connectivity index (χ0) is 20.9. The first-order valence-corrected chi connectivity index (χ1v) is 11.0. The summed E-state index contributed by atoms with van der Waals surface area (Å²) in [7, 11) is -3.84. The van der Waals surface area contributed by atoms with Crippen molar-refractivity contribution in [1.29, 1.82) is 0 Å². The van der Waals surface area contributed by atoms with Crippen molar-refractivity contribution in [1.82, 2.24) is 4.31 Å². The van der Waals surface area contributed by atoms with E-state index in [1.807, 2.05) is 6.92 Å². The summed E-state index contributed by atoms with van der Waals surface area (Å²) in [6.45, 7) is 9.03. The van der Waals surface area contributed by atoms with Crippen molar-refractivity contribution in [2.24, 2.45) is 0 Å². The molecule has 0 spiro atoms. The van der Waals surface area contributed by atoms with Crippen molar-refractivity contribution in [3.05, 3.63) is 23.8 Å². The van der Waals surface area contributed by atoms with Gasteiger partial charge in [0, 0.05) is 25.2 Å². The second-order valence-electron chi connectivity index (χ2n) is 8.54. The Morgan fingerprint density at radius 1 is 1.21 bits per heavy atom. The zero-order valence-corrected chi connectivity index (χ0v) is 17.9. The molecular weight excluding hydrogens is 380 g/mol. The molecule has 0 radical (unpaired) electrons. The fourth-order valence-corrected chi connectivity index (χ4v) is 5.71. The molecule has 2 atom stereocenters. The first-order chi connectivity index (χ1) is 12.9. The minimum absolute atomic E-state index is 0.00764. The quantitative estimate of drug-likeness (QED) is 0.718. The largest absolute Gasteiger partial charge is 0.459 e. The first-order valence-electron chi connectivity index (χ1n) is 9.59. The van der Waals surface area contributed by atoms with Crippen molar-refractivity contribution >= 4 is 27.6 Å². The average Bonchev–Trinajstić information content (AvgIpc) is 3.16. The molecule has 2 aliphatic heterocycles. The summed E-state index contributed by atoms with van der Waals surface area (Å²) in [5, 5.41) is 0. The summed E-state index contributed by atoms with van der Waals surface area (Å²) < 4.78 is 33.2. The van der Waals surface area contributed by atoms with E-state index in [4.69, 9.17) is 4.74 Å². The van der Waals surface area contributed by atoms with Crippen molar-refractivity contribution in [3.63, 3.8) is 0 Å². The molecule has 2 aliphatic rings. The zero-order valence-electron chi connectivity index (χ0n) is 17.1. The smallest absolute Gasteiger partial charge is 0.324 e. The van der Waals surface area contributed by atoms with Gasteiger partial charge in [-0.15, -0.1) is 0 Å². The second kappa shape index (κ2) is 7.15. The summed E-state index contributed by atoms with van der Waals surface area (Å²) in [6, 6.07) is 4.03. The van der Waals surface area contributed by atoms with Gasteiger partial charge in [-0.25, -0.2) is 8.42 Å². The maximum Gasteiger partial charge on any atom is 0.324 e. The number of sulfonamides is 1. The van der Waals surface area contributed by atoms with Gasteiger partial charge in [-0.3, -0.25) is 9.59 Å². The molecule has 0 saturated carbocycles. The summed E-state index contributed by atoms with van der Waals surface area (Å²) in [5.74, 6) is -0.572. The molecule has 1 fully saturated rings. The summed E-state index contributed by atoms with van der Waals surface area (Å²) in [5.41, 5.74) is 0.912. The molecule has 0 aliphatic carbocycles. The Kier molecular flexibility index (Phi) is 5.31. The number of carbonyl (C=O) groups excluding carboxylic acids is 2. The summed E-state index contributed by atoms with van der Waals surface area (Å²) in [4.78, 5) is 26.3. The van der Waals surface area contributed by atoms with Crippen LogP contribution in [-0.2, 0) is 30.8 Å². The molecule has 28 heavy (non-hydrogen) atoms. The lowest BCUT2D eigenvalue weighted by Gasteiger charge is -2.27. The number of nitrogens with zero attached hydrogens (tertiary/aromatic N) is 2. The highest BCUT2D eigenvalue weighted by molar-refractivity contribution is 7.89. The monoisotopic (exact) mass is 408 g/mol. The van der Waals surface area contributed by atoms with Crippen LogP contribution in [0.4, 0.5) is 5.69 Å². The third-order valence-corrected chi connectivity index (χ3v) is 7.00. The molecule has 7 nitrogen and oxygen atoms in total. The highest BCUT2D eigenvalue weighted by Crippen LogP contribution is 2.36. The topological polar surface area (TPSA) is 84.0 Å². The Labute approximate surface area is 166 Å². The molecule has 154 valence electrons. The maximum absolute atomic E-state index is 13.2. The van der Waals surface area contributed by atoms with Crippen LogP contribution in [0.1, 0.15) is 53.0 Å². The lowest BCUT2D eigenvalue weighted by atomic mass is 10.1. The van der Waals surface area contributed by atoms with Gasteiger partial charge in [0.15, 0.2) is 0 Å². The maximum atomic E-state index is 13.2. The van der Waals surface area contributed by atoms with E-state index < -0.39 is 27.6 Å². The van der Waals surface area contributed by atoms with Gasteiger partial charge in [0.2, 0.25) is 15.9 Å². The van der Waals surface area contributed by atoms with Gasteiger partial charge < -0.3 is 9.64 Å². The van der Waals surface area contributed by atoms with Gasteiger partial charge >= 0.3 is 5.97 Å².